The lowest BCUT2D eigenvalue weighted by Crippen LogP contribution is -1.97. The van der Waals surface area contributed by atoms with Crippen LogP contribution in [0.2, 0.25) is 0 Å². The van der Waals surface area contributed by atoms with Gasteiger partial charge in [-0.3, -0.25) is 4.99 Å². The first-order valence-corrected chi connectivity index (χ1v) is 7.53. The number of carboxylic acid groups (broad SMARTS) is 1. The molecule has 2 aromatic rings. The van der Waals surface area contributed by atoms with E-state index in [9.17, 15) is 4.79 Å². The third-order valence-corrected chi connectivity index (χ3v) is 3.60. The van der Waals surface area contributed by atoms with Gasteiger partial charge in [-0.2, -0.15) is 0 Å². The maximum atomic E-state index is 11.1. The highest BCUT2D eigenvalue weighted by Crippen LogP contribution is 2.37. The first-order valence-electron chi connectivity index (χ1n) is 7.53. The standard InChI is InChI=1S/C18H17NO5/c1-3-22-15-8-17-16(23-10-24-17)7-13(15)9-19-14-6-12(18(20)21)5-4-11(14)2/h4-9H,3,10H2,1-2H3,(H,20,21). The lowest BCUT2D eigenvalue weighted by molar-refractivity contribution is 0.0697. The van der Waals surface area contributed by atoms with Gasteiger partial charge >= 0.3 is 5.97 Å². The Morgan fingerprint density at radius 3 is 2.75 bits per heavy atom. The summed E-state index contributed by atoms with van der Waals surface area (Å²) in [5.74, 6) is 0.928. The molecular weight excluding hydrogens is 310 g/mol. The molecule has 0 amide bonds. The van der Waals surface area contributed by atoms with Crippen LogP contribution in [0.4, 0.5) is 5.69 Å². The van der Waals surface area contributed by atoms with Crippen molar-refractivity contribution in [2.24, 2.45) is 4.99 Å². The van der Waals surface area contributed by atoms with Gasteiger partial charge in [0.05, 0.1) is 17.9 Å². The largest absolute Gasteiger partial charge is 0.493 e. The van der Waals surface area contributed by atoms with Crippen LogP contribution in [0.25, 0.3) is 0 Å². The van der Waals surface area contributed by atoms with Gasteiger partial charge in [-0.15, -0.1) is 0 Å². The van der Waals surface area contributed by atoms with Crippen LogP contribution in [0, 0.1) is 6.92 Å². The van der Waals surface area contributed by atoms with Crippen molar-refractivity contribution in [3.05, 3.63) is 47.0 Å². The second-order valence-electron chi connectivity index (χ2n) is 5.24. The number of benzene rings is 2. The van der Waals surface area contributed by atoms with E-state index in [1.165, 1.54) is 0 Å². The number of ether oxygens (including phenoxy) is 3. The van der Waals surface area contributed by atoms with Crippen LogP contribution in [0.1, 0.15) is 28.4 Å². The first kappa shape index (κ1) is 15.9. The summed E-state index contributed by atoms with van der Waals surface area (Å²) in [7, 11) is 0. The minimum atomic E-state index is -0.982. The average Bonchev–Trinajstić information content (AvgIpc) is 3.01. The zero-order chi connectivity index (χ0) is 17.1. The lowest BCUT2D eigenvalue weighted by Gasteiger charge is -2.08. The Bertz CT molecular complexity index is 813. The molecule has 124 valence electrons. The molecule has 0 radical (unpaired) electrons. The molecule has 1 N–H and O–H groups in total. The minimum absolute atomic E-state index is 0.182. The van der Waals surface area contributed by atoms with Gasteiger partial charge in [0.2, 0.25) is 6.79 Å². The van der Waals surface area contributed by atoms with Gasteiger partial charge in [0.15, 0.2) is 11.5 Å². The molecule has 1 aliphatic heterocycles. The molecule has 1 aliphatic rings. The number of nitrogens with zero attached hydrogens (tertiary/aromatic N) is 1. The van der Waals surface area contributed by atoms with E-state index in [1.807, 2.05) is 13.8 Å². The highest BCUT2D eigenvalue weighted by molar-refractivity contribution is 5.91. The quantitative estimate of drug-likeness (QED) is 0.850. The van der Waals surface area contributed by atoms with E-state index in [1.54, 1.807) is 36.5 Å². The van der Waals surface area contributed by atoms with E-state index in [2.05, 4.69) is 4.99 Å². The molecule has 0 bridgehead atoms. The predicted molar refractivity (Wildman–Crippen MR) is 89.1 cm³/mol. The highest BCUT2D eigenvalue weighted by Gasteiger charge is 2.17. The van der Waals surface area contributed by atoms with Crippen LogP contribution < -0.4 is 14.2 Å². The van der Waals surface area contributed by atoms with Crippen molar-refractivity contribution in [1.82, 2.24) is 0 Å². The molecule has 6 heteroatoms. The number of fused-ring (bicyclic) bond motifs is 1. The van der Waals surface area contributed by atoms with E-state index in [-0.39, 0.29) is 12.4 Å². The van der Waals surface area contributed by atoms with E-state index in [0.717, 1.165) is 11.1 Å². The van der Waals surface area contributed by atoms with Crippen molar-refractivity contribution in [2.45, 2.75) is 13.8 Å². The molecule has 1 heterocycles. The van der Waals surface area contributed by atoms with E-state index in [4.69, 9.17) is 19.3 Å². The molecular formula is C18H17NO5. The summed E-state index contributed by atoms with van der Waals surface area (Å²) in [6.07, 6.45) is 1.64. The zero-order valence-corrected chi connectivity index (χ0v) is 13.4. The van der Waals surface area contributed by atoms with Gasteiger partial charge in [0.1, 0.15) is 5.75 Å². The molecule has 2 aromatic carbocycles. The average molecular weight is 327 g/mol. The molecule has 3 rings (SSSR count). The zero-order valence-electron chi connectivity index (χ0n) is 13.4. The molecule has 0 unspecified atom stereocenters. The molecule has 6 nitrogen and oxygen atoms in total. The van der Waals surface area contributed by atoms with Gasteiger partial charge < -0.3 is 19.3 Å². The number of rotatable bonds is 5. The predicted octanol–water partition coefficient (Wildman–Crippen LogP) is 3.57. The fraction of sp³-hybridized carbons (Fsp3) is 0.222. The molecule has 0 fully saturated rings. The summed E-state index contributed by atoms with van der Waals surface area (Å²) >= 11 is 0. The molecule has 0 aliphatic carbocycles. The maximum Gasteiger partial charge on any atom is 0.335 e. The van der Waals surface area contributed by atoms with Gasteiger partial charge in [0.25, 0.3) is 0 Å². The number of carbonyl (C=O) groups is 1. The monoisotopic (exact) mass is 327 g/mol. The van der Waals surface area contributed by atoms with Crippen LogP contribution in [0.3, 0.4) is 0 Å². The number of aromatic carboxylic acids is 1. The fourth-order valence-corrected chi connectivity index (χ4v) is 2.34. The highest BCUT2D eigenvalue weighted by atomic mass is 16.7. The lowest BCUT2D eigenvalue weighted by atomic mass is 10.1. The Hall–Kier alpha value is -3.02. The van der Waals surface area contributed by atoms with Crippen LogP contribution in [0.15, 0.2) is 35.3 Å². The Balaban J connectivity index is 1.97. The van der Waals surface area contributed by atoms with Crippen LogP contribution in [0.5, 0.6) is 17.2 Å². The van der Waals surface area contributed by atoms with E-state index in [0.29, 0.717) is 29.5 Å². The van der Waals surface area contributed by atoms with Crippen molar-refractivity contribution >= 4 is 17.9 Å². The van der Waals surface area contributed by atoms with Crippen LogP contribution >= 0.6 is 0 Å². The first-order chi connectivity index (χ1) is 11.6. The van der Waals surface area contributed by atoms with Gasteiger partial charge in [-0.05, 0) is 37.6 Å². The van der Waals surface area contributed by atoms with Gasteiger partial charge in [0, 0.05) is 17.8 Å². The molecule has 0 saturated heterocycles. The van der Waals surface area contributed by atoms with Crippen molar-refractivity contribution in [2.75, 3.05) is 13.4 Å². The van der Waals surface area contributed by atoms with Gasteiger partial charge in [-0.1, -0.05) is 6.07 Å². The molecule has 0 atom stereocenters. The van der Waals surface area contributed by atoms with Crippen molar-refractivity contribution in [3.63, 3.8) is 0 Å². The molecule has 0 spiro atoms. The normalized spacial score (nSPS) is 12.6. The second-order valence-corrected chi connectivity index (χ2v) is 5.24. The minimum Gasteiger partial charge on any atom is -0.493 e. The molecule has 0 aromatic heterocycles. The molecule has 0 saturated carbocycles. The number of hydrogen-bond donors (Lipinski definition) is 1. The Morgan fingerprint density at radius 2 is 2.04 bits per heavy atom. The SMILES string of the molecule is CCOc1cc2c(cc1C=Nc1cc(C(=O)O)ccc1C)OCO2. The summed E-state index contributed by atoms with van der Waals surface area (Å²) in [5, 5.41) is 9.10. The maximum absolute atomic E-state index is 11.1. The summed E-state index contributed by atoms with van der Waals surface area (Å²) in [4.78, 5) is 15.5. The second kappa shape index (κ2) is 6.62. The number of aliphatic imine (C=N–C) groups is 1. The Labute approximate surface area is 139 Å². The Morgan fingerprint density at radius 1 is 1.29 bits per heavy atom. The van der Waals surface area contributed by atoms with Crippen molar-refractivity contribution in [3.8, 4) is 17.2 Å². The summed E-state index contributed by atoms with van der Waals surface area (Å²) in [6.45, 7) is 4.46. The summed E-state index contributed by atoms with van der Waals surface area (Å²) in [6, 6.07) is 8.41. The Kier molecular flexibility index (Phi) is 4.37. The number of aryl methyl sites for hydroxylation is 1. The topological polar surface area (TPSA) is 77.4 Å². The van der Waals surface area contributed by atoms with E-state index >= 15 is 0 Å². The van der Waals surface area contributed by atoms with Gasteiger partial charge in [-0.25, -0.2) is 4.79 Å². The van der Waals surface area contributed by atoms with Crippen molar-refractivity contribution < 1.29 is 24.1 Å². The smallest absolute Gasteiger partial charge is 0.335 e. The van der Waals surface area contributed by atoms with E-state index < -0.39 is 5.97 Å². The third kappa shape index (κ3) is 3.17. The summed E-state index contributed by atoms with van der Waals surface area (Å²) < 4.78 is 16.4. The molecule has 24 heavy (non-hydrogen) atoms. The van der Waals surface area contributed by atoms with Crippen LogP contribution in [-0.4, -0.2) is 30.7 Å². The van der Waals surface area contributed by atoms with Crippen molar-refractivity contribution in [1.29, 1.82) is 0 Å². The number of hydrogen-bond acceptors (Lipinski definition) is 5. The van der Waals surface area contributed by atoms with Crippen LogP contribution in [-0.2, 0) is 0 Å². The number of carboxylic acids is 1. The fourth-order valence-electron chi connectivity index (χ4n) is 2.34. The summed E-state index contributed by atoms with van der Waals surface area (Å²) in [5.41, 5.74) is 2.41. The third-order valence-electron chi connectivity index (χ3n) is 3.60.